The van der Waals surface area contributed by atoms with Gasteiger partial charge in [0, 0.05) is 17.9 Å². The molecule has 4 aliphatic carbocycles. The Morgan fingerprint density at radius 2 is 1.64 bits per heavy atom. The fraction of sp³-hybridized carbons (Fsp3) is 0.261. The maximum Gasteiger partial charge on any atom is 0.292 e. The highest BCUT2D eigenvalue weighted by Gasteiger charge is 2.52. The predicted octanol–water partition coefficient (Wildman–Crippen LogP) is 4.79. The van der Waals surface area contributed by atoms with Crippen LogP contribution < -0.4 is 5.32 Å². The molecule has 2 bridgehead atoms. The van der Waals surface area contributed by atoms with Crippen molar-refractivity contribution in [3.05, 3.63) is 94.1 Å². The number of allylic oxidation sites excluding steroid dienone is 4. The first-order chi connectivity index (χ1) is 13.6. The van der Waals surface area contributed by atoms with Gasteiger partial charge in [-0.05, 0) is 41.4 Å². The minimum Gasteiger partial charge on any atom is -0.320 e. The van der Waals surface area contributed by atoms with Gasteiger partial charge in [0.2, 0.25) is 5.91 Å². The van der Waals surface area contributed by atoms with E-state index in [0.29, 0.717) is 17.8 Å². The SMILES string of the molecule is O=C(Nc1ccccc1[N+](=O)[O-])[C@H]1C[C@H]2c3ccccc3[C@H]1[C@H]1C=CC=C[C@@H]12. The molecule has 28 heavy (non-hydrogen) atoms. The molecule has 1 saturated carbocycles. The lowest BCUT2D eigenvalue weighted by molar-refractivity contribution is -0.383. The van der Waals surface area contributed by atoms with E-state index < -0.39 is 4.92 Å². The fourth-order valence-corrected chi connectivity index (χ4v) is 5.39. The molecular weight excluding hydrogens is 352 g/mol. The number of benzene rings is 2. The van der Waals surface area contributed by atoms with Gasteiger partial charge < -0.3 is 5.32 Å². The predicted molar refractivity (Wildman–Crippen MR) is 107 cm³/mol. The molecule has 0 spiro atoms. The Labute approximate surface area is 162 Å². The zero-order valence-corrected chi connectivity index (χ0v) is 15.2. The third-order valence-corrected chi connectivity index (χ3v) is 6.49. The Bertz CT molecular complexity index is 1030. The highest BCUT2D eigenvalue weighted by Crippen LogP contribution is 2.59. The molecule has 2 aromatic carbocycles. The van der Waals surface area contributed by atoms with Gasteiger partial charge in [-0.2, -0.15) is 0 Å². The number of carbonyl (C=O) groups is 1. The molecule has 0 aromatic heterocycles. The molecular formula is C23H20N2O3. The van der Waals surface area contributed by atoms with Crippen LogP contribution in [0.25, 0.3) is 0 Å². The molecule has 5 nitrogen and oxygen atoms in total. The number of fused-ring (bicyclic) bond motifs is 1. The molecule has 1 N–H and O–H groups in total. The largest absolute Gasteiger partial charge is 0.320 e. The van der Waals surface area contributed by atoms with E-state index in [1.165, 1.54) is 17.2 Å². The molecule has 0 heterocycles. The topological polar surface area (TPSA) is 72.2 Å². The first-order valence-corrected chi connectivity index (χ1v) is 9.63. The third-order valence-electron chi connectivity index (χ3n) is 6.49. The van der Waals surface area contributed by atoms with Gasteiger partial charge in [0.25, 0.3) is 5.69 Å². The lowest BCUT2D eigenvalue weighted by atomic mass is 9.51. The van der Waals surface area contributed by atoms with Crippen molar-refractivity contribution in [1.82, 2.24) is 0 Å². The van der Waals surface area contributed by atoms with E-state index in [1.54, 1.807) is 18.2 Å². The third kappa shape index (κ3) is 2.50. The molecule has 6 rings (SSSR count). The summed E-state index contributed by atoms with van der Waals surface area (Å²) in [5, 5.41) is 14.1. The average molecular weight is 372 g/mol. The second-order valence-corrected chi connectivity index (χ2v) is 7.79. The smallest absolute Gasteiger partial charge is 0.292 e. The Kier molecular flexibility index (Phi) is 3.90. The van der Waals surface area contributed by atoms with Crippen molar-refractivity contribution >= 4 is 17.3 Å². The summed E-state index contributed by atoms with van der Waals surface area (Å²) in [4.78, 5) is 24.1. The highest BCUT2D eigenvalue weighted by molar-refractivity contribution is 5.95. The van der Waals surface area contributed by atoms with Gasteiger partial charge in [-0.15, -0.1) is 0 Å². The van der Waals surface area contributed by atoms with Gasteiger partial charge in [-0.1, -0.05) is 60.7 Å². The normalized spacial score (nSPS) is 29.1. The minimum atomic E-state index is -0.456. The molecule has 0 aliphatic heterocycles. The van der Waals surface area contributed by atoms with E-state index in [9.17, 15) is 14.9 Å². The number of anilines is 1. The van der Waals surface area contributed by atoms with Crippen molar-refractivity contribution in [2.24, 2.45) is 17.8 Å². The zero-order chi connectivity index (χ0) is 19.3. The molecule has 5 atom stereocenters. The van der Waals surface area contributed by atoms with Crippen LogP contribution in [0.4, 0.5) is 11.4 Å². The maximum absolute atomic E-state index is 13.2. The summed E-state index contributed by atoms with van der Waals surface area (Å²) in [6, 6.07) is 14.8. The number of hydrogen-bond acceptors (Lipinski definition) is 3. The lowest BCUT2D eigenvalue weighted by Gasteiger charge is -2.52. The first kappa shape index (κ1) is 16.9. The van der Waals surface area contributed by atoms with Crippen molar-refractivity contribution in [1.29, 1.82) is 0 Å². The van der Waals surface area contributed by atoms with Crippen molar-refractivity contribution < 1.29 is 9.72 Å². The van der Waals surface area contributed by atoms with Crippen molar-refractivity contribution in [3.63, 3.8) is 0 Å². The van der Waals surface area contributed by atoms with Gasteiger partial charge in [-0.3, -0.25) is 14.9 Å². The number of amides is 1. The molecule has 4 aliphatic rings. The summed E-state index contributed by atoms with van der Waals surface area (Å²) in [7, 11) is 0. The van der Waals surface area contributed by atoms with Crippen molar-refractivity contribution in [2.45, 2.75) is 18.3 Å². The van der Waals surface area contributed by atoms with E-state index in [4.69, 9.17) is 0 Å². The first-order valence-electron chi connectivity index (χ1n) is 9.63. The van der Waals surface area contributed by atoms with Crippen LogP contribution in [0, 0.1) is 27.9 Å². The molecule has 1 fully saturated rings. The molecule has 1 amide bonds. The van der Waals surface area contributed by atoms with E-state index in [0.717, 1.165) is 6.42 Å². The number of nitro groups is 1. The molecule has 5 heteroatoms. The van der Waals surface area contributed by atoms with Crippen LogP contribution in [0.1, 0.15) is 29.4 Å². The van der Waals surface area contributed by atoms with Gasteiger partial charge in [0.1, 0.15) is 5.69 Å². The molecule has 0 unspecified atom stereocenters. The minimum absolute atomic E-state index is 0.0735. The number of nitrogens with one attached hydrogen (secondary N) is 1. The Morgan fingerprint density at radius 3 is 2.43 bits per heavy atom. The summed E-state index contributed by atoms with van der Waals surface area (Å²) in [6.07, 6.45) is 9.44. The summed E-state index contributed by atoms with van der Waals surface area (Å²) in [6.45, 7) is 0. The summed E-state index contributed by atoms with van der Waals surface area (Å²) < 4.78 is 0. The standard InChI is InChI=1S/C23H20N2O3/c26-23(24-20-11-5-6-12-21(20)25(27)28)19-13-18-14-7-1-3-9-16(14)22(19)17-10-4-2-8-15(17)18/h1-12,14,16,18-19,22H,13H2,(H,24,26)/t14-,16-,18+,19-,22+/m0/s1. The number of hydrogen-bond donors (Lipinski definition) is 1. The number of rotatable bonds is 3. The van der Waals surface area contributed by atoms with Gasteiger partial charge in [0.15, 0.2) is 0 Å². The fourth-order valence-electron chi connectivity index (χ4n) is 5.39. The van der Waals surface area contributed by atoms with Crippen LogP contribution in [0.5, 0.6) is 0 Å². The summed E-state index contributed by atoms with van der Waals surface area (Å²) in [5.74, 6) is 0.779. The Morgan fingerprint density at radius 1 is 0.964 bits per heavy atom. The Balaban J connectivity index is 1.51. The maximum atomic E-state index is 13.2. The molecule has 2 aromatic rings. The van der Waals surface area contributed by atoms with Gasteiger partial charge in [0.05, 0.1) is 4.92 Å². The van der Waals surface area contributed by atoms with Crippen molar-refractivity contribution in [3.8, 4) is 0 Å². The summed E-state index contributed by atoms with van der Waals surface area (Å²) >= 11 is 0. The van der Waals surface area contributed by atoms with Crippen LogP contribution in [0.2, 0.25) is 0 Å². The average Bonchev–Trinajstić information content (AvgIpc) is 2.74. The van der Waals surface area contributed by atoms with E-state index in [-0.39, 0.29) is 29.1 Å². The monoisotopic (exact) mass is 372 g/mol. The zero-order valence-electron chi connectivity index (χ0n) is 15.2. The van der Waals surface area contributed by atoms with Crippen LogP contribution in [-0.2, 0) is 4.79 Å². The Hall–Kier alpha value is -3.21. The molecule has 0 saturated heterocycles. The van der Waals surface area contributed by atoms with Crippen LogP contribution in [-0.4, -0.2) is 10.8 Å². The summed E-state index contributed by atoms with van der Waals surface area (Å²) in [5.41, 5.74) is 2.80. The van der Waals surface area contributed by atoms with Crippen molar-refractivity contribution in [2.75, 3.05) is 5.32 Å². The second-order valence-electron chi connectivity index (χ2n) is 7.79. The van der Waals surface area contributed by atoms with E-state index in [2.05, 4.69) is 47.8 Å². The highest BCUT2D eigenvalue weighted by atomic mass is 16.6. The van der Waals surface area contributed by atoms with Crippen LogP contribution in [0.3, 0.4) is 0 Å². The molecule has 140 valence electrons. The second kappa shape index (κ2) is 6.44. The molecule has 0 radical (unpaired) electrons. The van der Waals surface area contributed by atoms with Gasteiger partial charge in [-0.25, -0.2) is 0 Å². The quantitative estimate of drug-likeness (QED) is 0.622. The number of para-hydroxylation sites is 2. The van der Waals surface area contributed by atoms with Crippen LogP contribution >= 0.6 is 0 Å². The number of carbonyl (C=O) groups excluding carboxylic acids is 1. The van der Waals surface area contributed by atoms with Crippen LogP contribution in [0.15, 0.2) is 72.8 Å². The number of nitro benzene ring substituents is 1. The van der Waals surface area contributed by atoms with Gasteiger partial charge >= 0.3 is 0 Å². The van der Waals surface area contributed by atoms with E-state index in [1.807, 2.05) is 6.07 Å². The van der Waals surface area contributed by atoms with E-state index >= 15 is 0 Å². The number of nitrogens with zero attached hydrogens (tertiary/aromatic N) is 1. The lowest BCUT2D eigenvalue weighted by Crippen LogP contribution is -2.46.